The minimum absolute atomic E-state index is 0.969. The highest BCUT2D eigenvalue weighted by Crippen LogP contribution is 2.43. The molecule has 0 saturated carbocycles. The molecular weight excluding hydrogens is 350 g/mol. The molecular formula is C28H21N. The van der Waals surface area contributed by atoms with Gasteiger partial charge in [0, 0.05) is 11.1 Å². The average molecular weight is 371 g/mol. The number of hydrogen-bond acceptors (Lipinski definition) is 1. The van der Waals surface area contributed by atoms with Crippen molar-refractivity contribution < 1.29 is 0 Å². The summed E-state index contributed by atoms with van der Waals surface area (Å²) in [7, 11) is 0. The number of aryl methyl sites for hydroxylation is 1. The van der Waals surface area contributed by atoms with Gasteiger partial charge in [0.05, 0.1) is 11.4 Å². The topological polar surface area (TPSA) is 12.4 Å². The van der Waals surface area contributed by atoms with Crippen molar-refractivity contribution in [3.63, 3.8) is 0 Å². The Bertz CT molecular complexity index is 1220. The van der Waals surface area contributed by atoms with Gasteiger partial charge in [0.15, 0.2) is 0 Å². The second kappa shape index (κ2) is 7.37. The van der Waals surface area contributed by atoms with Gasteiger partial charge in [-0.1, -0.05) is 103 Å². The molecule has 0 amide bonds. The highest BCUT2D eigenvalue weighted by molar-refractivity contribution is 6.44. The second-order valence-electron chi connectivity index (χ2n) is 7.33. The summed E-state index contributed by atoms with van der Waals surface area (Å²) in [6, 6.07) is 38.2. The Hall–Kier alpha value is -3.71. The number of aliphatic imine (C=N–C) groups is 1. The molecule has 0 aliphatic heterocycles. The SMILES string of the molecule is Cc1ccc2c(c1)C(c1ccccc1)=C(c1ccccc1)C2=Nc1ccccc1. The molecule has 0 aromatic heterocycles. The van der Waals surface area contributed by atoms with Gasteiger partial charge in [-0.05, 0) is 41.3 Å². The lowest BCUT2D eigenvalue weighted by Gasteiger charge is -2.10. The lowest BCUT2D eigenvalue weighted by Crippen LogP contribution is -2.00. The fourth-order valence-electron chi connectivity index (χ4n) is 4.00. The van der Waals surface area contributed by atoms with E-state index in [1.807, 2.05) is 18.2 Å². The molecule has 0 N–H and O–H groups in total. The molecule has 0 unspecified atom stereocenters. The van der Waals surface area contributed by atoms with E-state index in [2.05, 4.69) is 97.9 Å². The third-order valence-corrected chi connectivity index (χ3v) is 5.31. The highest BCUT2D eigenvalue weighted by Gasteiger charge is 2.29. The Morgan fingerprint density at radius 2 is 1.07 bits per heavy atom. The van der Waals surface area contributed by atoms with Gasteiger partial charge in [-0.15, -0.1) is 0 Å². The standard InChI is InChI=1S/C28H21N/c1-20-17-18-24-25(19-20)26(21-11-5-2-6-12-21)27(22-13-7-3-8-14-22)28(24)29-23-15-9-4-10-16-23/h2-19H,1H3. The van der Waals surface area contributed by atoms with E-state index >= 15 is 0 Å². The number of nitrogens with zero attached hydrogens (tertiary/aromatic N) is 1. The summed E-state index contributed by atoms with van der Waals surface area (Å²) in [6.07, 6.45) is 0. The molecule has 0 atom stereocenters. The lowest BCUT2D eigenvalue weighted by atomic mass is 9.94. The maximum Gasteiger partial charge on any atom is 0.0800 e. The van der Waals surface area contributed by atoms with Gasteiger partial charge in [0.2, 0.25) is 0 Å². The van der Waals surface area contributed by atoms with Crippen LogP contribution in [0.25, 0.3) is 11.1 Å². The van der Waals surface area contributed by atoms with Gasteiger partial charge in [0.25, 0.3) is 0 Å². The third-order valence-electron chi connectivity index (χ3n) is 5.31. The van der Waals surface area contributed by atoms with Crippen molar-refractivity contribution >= 4 is 22.5 Å². The average Bonchev–Trinajstić information content (AvgIpc) is 3.09. The Kier molecular flexibility index (Phi) is 4.42. The van der Waals surface area contributed by atoms with Crippen LogP contribution in [0.2, 0.25) is 0 Å². The van der Waals surface area contributed by atoms with Crippen LogP contribution in [0.5, 0.6) is 0 Å². The van der Waals surface area contributed by atoms with Crippen LogP contribution in [0.3, 0.4) is 0 Å². The number of benzene rings is 4. The molecule has 1 heteroatoms. The second-order valence-corrected chi connectivity index (χ2v) is 7.33. The Morgan fingerprint density at radius 1 is 0.517 bits per heavy atom. The zero-order chi connectivity index (χ0) is 19.6. The van der Waals surface area contributed by atoms with Gasteiger partial charge >= 0.3 is 0 Å². The van der Waals surface area contributed by atoms with Crippen molar-refractivity contribution in [3.05, 3.63) is 137 Å². The van der Waals surface area contributed by atoms with Crippen molar-refractivity contribution in [2.24, 2.45) is 4.99 Å². The maximum atomic E-state index is 5.12. The van der Waals surface area contributed by atoms with Gasteiger partial charge in [0.1, 0.15) is 0 Å². The molecule has 0 spiro atoms. The first-order valence-corrected chi connectivity index (χ1v) is 9.92. The molecule has 0 radical (unpaired) electrons. The summed E-state index contributed by atoms with van der Waals surface area (Å²) < 4.78 is 0. The molecule has 29 heavy (non-hydrogen) atoms. The van der Waals surface area contributed by atoms with Crippen LogP contribution < -0.4 is 0 Å². The fraction of sp³-hybridized carbons (Fsp3) is 0.0357. The van der Waals surface area contributed by atoms with E-state index in [9.17, 15) is 0 Å². The minimum Gasteiger partial charge on any atom is -0.248 e. The van der Waals surface area contributed by atoms with Crippen LogP contribution in [0.1, 0.15) is 27.8 Å². The Morgan fingerprint density at radius 3 is 1.69 bits per heavy atom. The number of hydrogen-bond donors (Lipinski definition) is 0. The van der Waals surface area contributed by atoms with Crippen LogP contribution in [0.4, 0.5) is 5.69 Å². The summed E-state index contributed by atoms with van der Waals surface area (Å²) in [5.74, 6) is 0. The number of fused-ring (bicyclic) bond motifs is 1. The molecule has 1 nitrogen and oxygen atoms in total. The molecule has 4 aromatic rings. The predicted octanol–water partition coefficient (Wildman–Crippen LogP) is 7.09. The molecule has 0 saturated heterocycles. The van der Waals surface area contributed by atoms with E-state index in [0.29, 0.717) is 0 Å². The first-order chi connectivity index (χ1) is 14.3. The largest absolute Gasteiger partial charge is 0.248 e. The molecule has 1 aliphatic carbocycles. The number of allylic oxidation sites excluding steroid dienone is 1. The quantitative estimate of drug-likeness (QED) is 0.364. The van der Waals surface area contributed by atoms with Crippen LogP contribution in [-0.4, -0.2) is 5.71 Å². The summed E-state index contributed by atoms with van der Waals surface area (Å²) in [5, 5.41) is 0. The van der Waals surface area contributed by atoms with Crippen molar-refractivity contribution in [1.82, 2.24) is 0 Å². The summed E-state index contributed by atoms with van der Waals surface area (Å²) in [4.78, 5) is 5.12. The highest BCUT2D eigenvalue weighted by atomic mass is 14.8. The smallest absolute Gasteiger partial charge is 0.0800 e. The number of rotatable bonds is 3. The molecule has 0 fully saturated rings. The fourth-order valence-corrected chi connectivity index (χ4v) is 4.00. The predicted molar refractivity (Wildman–Crippen MR) is 123 cm³/mol. The van der Waals surface area contributed by atoms with Crippen LogP contribution in [0, 0.1) is 6.92 Å². The van der Waals surface area contributed by atoms with E-state index < -0.39 is 0 Å². The van der Waals surface area contributed by atoms with Crippen LogP contribution in [0.15, 0.2) is 114 Å². The molecule has 138 valence electrons. The molecule has 0 heterocycles. The minimum atomic E-state index is 0.969. The summed E-state index contributed by atoms with van der Waals surface area (Å²) in [6.45, 7) is 2.15. The number of para-hydroxylation sites is 1. The van der Waals surface area contributed by atoms with E-state index in [1.54, 1.807) is 0 Å². The normalized spacial score (nSPS) is 14.3. The van der Waals surface area contributed by atoms with Gasteiger partial charge in [-0.3, -0.25) is 0 Å². The molecule has 1 aliphatic rings. The van der Waals surface area contributed by atoms with E-state index in [0.717, 1.165) is 11.4 Å². The van der Waals surface area contributed by atoms with E-state index in [4.69, 9.17) is 4.99 Å². The van der Waals surface area contributed by atoms with Crippen molar-refractivity contribution in [2.75, 3.05) is 0 Å². The van der Waals surface area contributed by atoms with Crippen molar-refractivity contribution in [1.29, 1.82) is 0 Å². The molecule has 0 bridgehead atoms. The Labute approximate surface area is 171 Å². The zero-order valence-electron chi connectivity index (χ0n) is 16.3. The lowest BCUT2D eigenvalue weighted by molar-refractivity contribution is 1.43. The van der Waals surface area contributed by atoms with Gasteiger partial charge in [-0.2, -0.15) is 0 Å². The van der Waals surface area contributed by atoms with Crippen molar-refractivity contribution in [3.8, 4) is 0 Å². The third kappa shape index (κ3) is 3.21. The van der Waals surface area contributed by atoms with Gasteiger partial charge in [-0.25, -0.2) is 4.99 Å². The molecule has 5 rings (SSSR count). The van der Waals surface area contributed by atoms with Gasteiger partial charge < -0.3 is 0 Å². The first-order valence-electron chi connectivity index (χ1n) is 9.92. The summed E-state index contributed by atoms with van der Waals surface area (Å²) >= 11 is 0. The monoisotopic (exact) mass is 371 g/mol. The summed E-state index contributed by atoms with van der Waals surface area (Å²) in [5.41, 5.74) is 10.6. The van der Waals surface area contributed by atoms with Crippen molar-refractivity contribution in [2.45, 2.75) is 6.92 Å². The molecule has 4 aromatic carbocycles. The van der Waals surface area contributed by atoms with E-state index in [1.165, 1.54) is 39.0 Å². The zero-order valence-corrected chi connectivity index (χ0v) is 16.3. The first kappa shape index (κ1) is 17.4. The van der Waals surface area contributed by atoms with E-state index in [-0.39, 0.29) is 0 Å². The maximum absolute atomic E-state index is 5.12. The van der Waals surface area contributed by atoms with Crippen LogP contribution >= 0.6 is 0 Å². The Balaban J connectivity index is 1.86. The van der Waals surface area contributed by atoms with Crippen LogP contribution in [-0.2, 0) is 0 Å².